The molecule has 6 heteroatoms. The van der Waals surface area contributed by atoms with Crippen molar-refractivity contribution in [1.29, 1.82) is 0 Å². The second-order valence-electron chi connectivity index (χ2n) is 10.7. The van der Waals surface area contributed by atoms with Crippen molar-refractivity contribution < 1.29 is 22.7 Å². The normalized spacial score (nSPS) is 51.2. The summed E-state index contributed by atoms with van der Waals surface area (Å²) in [5, 5.41) is 0. The van der Waals surface area contributed by atoms with E-state index in [4.69, 9.17) is 5.73 Å². The number of halogens is 3. The lowest BCUT2D eigenvalue weighted by atomic mass is 9.42. The number of Topliss-reactive ketones (excluding diaryl/α,β-unsaturated/α-hetero) is 1. The highest BCUT2D eigenvalue weighted by Gasteiger charge is 2.66. The molecule has 0 heterocycles. The summed E-state index contributed by atoms with van der Waals surface area (Å²) in [5.41, 5.74) is 6.55. The second-order valence-corrected chi connectivity index (χ2v) is 10.7. The first-order chi connectivity index (χ1) is 12.9. The number of hydrogen-bond donors (Lipinski definition) is 1. The van der Waals surface area contributed by atoms with Gasteiger partial charge in [-0.15, -0.1) is 13.2 Å². The molecule has 8 unspecified atom stereocenters. The molecule has 4 rings (SSSR count). The van der Waals surface area contributed by atoms with Crippen LogP contribution in [0.1, 0.15) is 78.6 Å². The molecule has 0 bridgehead atoms. The second kappa shape index (κ2) is 6.44. The molecule has 28 heavy (non-hydrogen) atoms. The van der Waals surface area contributed by atoms with Gasteiger partial charge in [0.05, 0.1) is 6.10 Å². The molecule has 4 fully saturated rings. The Morgan fingerprint density at radius 2 is 1.64 bits per heavy atom. The summed E-state index contributed by atoms with van der Waals surface area (Å²) in [4.78, 5) is 12.3. The van der Waals surface area contributed by atoms with E-state index in [9.17, 15) is 18.0 Å². The number of alkyl halides is 3. The first-order valence-corrected chi connectivity index (χ1v) is 10.9. The smallest absolute Gasteiger partial charge is 0.325 e. The summed E-state index contributed by atoms with van der Waals surface area (Å²) in [5.74, 6) is 1.27. The van der Waals surface area contributed by atoms with Gasteiger partial charge in [0, 0.05) is 11.5 Å². The maximum atomic E-state index is 12.9. The van der Waals surface area contributed by atoms with Crippen LogP contribution in [-0.4, -0.2) is 23.8 Å². The average Bonchev–Trinajstić information content (AvgIpc) is 2.91. The third kappa shape index (κ3) is 2.96. The van der Waals surface area contributed by atoms with Crippen LogP contribution < -0.4 is 5.73 Å². The van der Waals surface area contributed by atoms with Gasteiger partial charge in [-0.05, 0) is 93.3 Å². The minimum atomic E-state index is -4.58. The molecule has 4 aliphatic carbocycles. The van der Waals surface area contributed by atoms with Crippen molar-refractivity contribution in [1.82, 2.24) is 0 Å². The maximum absolute atomic E-state index is 12.9. The number of carbonyl (C=O) groups excluding carboxylic acids is 1. The fraction of sp³-hybridized carbons (Fsp3) is 0.955. The van der Waals surface area contributed by atoms with Crippen molar-refractivity contribution in [2.45, 2.75) is 96.6 Å². The molecule has 3 nitrogen and oxygen atoms in total. The standard InChI is InChI=1S/C22H34F3NO2/c1-13(27)16-6-7-17-19(16,2)10-9-18-20(3)12-15(28-22(23,24)25)5-4-14(20)8-11-21(17,18)26/h14-18H,4-12,26H2,1-3H3. The van der Waals surface area contributed by atoms with E-state index in [0.29, 0.717) is 18.8 Å². The van der Waals surface area contributed by atoms with Gasteiger partial charge in [-0.25, -0.2) is 0 Å². The first kappa shape index (κ1) is 20.6. The third-order valence-corrected chi connectivity index (χ3v) is 9.56. The Kier molecular flexibility index (Phi) is 4.75. The van der Waals surface area contributed by atoms with Crippen molar-refractivity contribution in [3.05, 3.63) is 0 Å². The minimum Gasteiger partial charge on any atom is -0.325 e. The number of ether oxygens (including phenoxy) is 1. The number of nitrogens with two attached hydrogens (primary N) is 1. The highest BCUT2D eigenvalue weighted by atomic mass is 19.4. The van der Waals surface area contributed by atoms with Crippen LogP contribution in [0.5, 0.6) is 0 Å². The summed E-state index contributed by atoms with van der Waals surface area (Å²) in [6, 6.07) is 0. The lowest BCUT2D eigenvalue weighted by Crippen LogP contribution is -2.68. The molecule has 2 N–H and O–H groups in total. The third-order valence-electron chi connectivity index (χ3n) is 9.56. The Bertz CT molecular complexity index is 652. The largest absolute Gasteiger partial charge is 0.522 e. The quantitative estimate of drug-likeness (QED) is 0.690. The van der Waals surface area contributed by atoms with Gasteiger partial charge in [0.25, 0.3) is 0 Å². The Balaban J connectivity index is 1.63. The predicted octanol–water partition coefficient (Wildman–Crippen LogP) is 5.22. The highest BCUT2D eigenvalue weighted by Crippen LogP contribution is 2.68. The van der Waals surface area contributed by atoms with E-state index >= 15 is 0 Å². The average molecular weight is 402 g/mol. The summed E-state index contributed by atoms with van der Waals surface area (Å²) in [6.07, 6.45) is 2.06. The van der Waals surface area contributed by atoms with E-state index in [1.165, 1.54) is 0 Å². The van der Waals surface area contributed by atoms with E-state index < -0.39 is 12.5 Å². The van der Waals surface area contributed by atoms with Gasteiger partial charge in [-0.1, -0.05) is 13.8 Å². The van der Waals surface area contributed by atoms with Crippen LogP contribution in [0.3, 0.4) is 0 Å². The first-order valence-electron chi connectivity index (χ1n) is 10.9. The molecule has 0 spiro atoms. The molecular weight excluding hydrogens is 367 g/mol. The fourth-order valence-corrected chi connectivity index (χ4v) is 8.48. The van der Waals surface area contributed by atoms with E-state index in [1.807, 2.05) is 0 Å². The SMILES string of the molecule is CC(=O)C1CCC2C1(C)CCC1C3(C)CC(OC(F)(F)F)CCC3CCC12N. The Morgan fingerprint density at radius 1 is 0.964 bits per heavy atom. The monoisotopic (exact) mass is 401 g/mol. The lowest BCUT2D eigenvalue weighted by Gasteiger charge is -2.65. The van der Waals surface area contributed by atoms with Gasteiger partial charge < -0.3 is 5.73 Å². The van der Waals surface area contributed by atoms with Crippen LogP contribution in [0.15, 0.2) is 0 Å². The van der Waals surface area contributed by atoms with Gasteiger partial charge in [-0.3, -0.25) is 9.53 Å². The Labute approximate surface area is 165 Å². The van der Waals surface area contributed by atoms with E-state index in [2.05, 4.69) is 18.6 Å². The zero-order valence-electron chi connectivity index (χ0n) is 17.3. The van der Waals surface area contributed by atoms with Gasteiger partial charge >= 0.3 is 6.36 Å². The summed E-state index contributed by atoms with van der Waals surface area (Å²) in [7, 11) is 0. The van der Waals surface area contributed by atoms with E-state index in [0.717, 1.165) is 44.9 Å². The Morgan fingerprint density at radius 3 is 2.29 bits per heavy atom. The van der Waals surface area contributed by atoms with Crippen LogP contribution in [0, 0.1) is 34.5 Å². The number of rotatable bonds is 2. The van der Waals surface area contributed by atoms with E-state index in [-0.39, 0.29) is 39.9 Å². The summed E-state index contributed by atoms with van der Waals surface area (Å²) >= 11 is 0. The van der Waals surface area contributed by atoms with Crippen LogP contribution in [0.25, 0.3) is 0 Å². The van der Waals surface area contributed by atoms with Crippen LogP contribution in [0.2, 0.25) is 0 Å². The van der Waals surface area contributed by atoms with Gasteiger partial charge in [0.1, 0.15) is 5.78 Å². The molecule has 0 aromatic heterocycles. The molecule has 8 atom stereocenters. The van der Waals surface area contributed by atoms with Crippen LogP contribution >= 0.6 is 0 Å². The molecule has 4 saturated carbocycles. The van der Waals surface area contributed by atoms with Gasteiger partial charge in [0.2, 0.25) is 0 Å². The number of ketones is 1. The molecule has 0 radical (unpaired) electrons. The van der Waals surface area contributed by atoms with Crippen molar-refractivity contribution in [3.8, 4) is 0 Å². The highest BCUT2D eigenvalue weighted by molar-refractivity contribution is 5.79. The molecule has 0 amide bonds. The maximum Gasteiger partial charge on any atom is 0.522 e. The Hall–Kier alpha value is -0.620. The van der Waals surface area contributed by atoms with Crippen molar-refractivity contribution >= 4 is 5.78 Å². The molecule has 0 aromatic rings. The summed E-state index contributed by atoms with van der Waals surface area (Å²) < 4.78 is 43.1. The van der Waals surface area contributed by atoms with Crippen LogP contribution in [0.4, 0.5) is 13.2 Å². The minimum absolute atomic E-state index is 0.0587. The van der Waals surface area contributed by atoms with Crippen LogP contribution in [-0.2, 0) is 9.53 Å². The topological polar surface area (TPSA) is 52.3 Å². The van der Waals surface area contributed by atoms with E-state index in [1.54, 1.807) is 6.92 Å². The molecule has 160 valence electrons. The van der Waals surface area contributed by atoms with Crippen molar-refractivity contribution in [3.63, 3.8) is 0 Å². The molecular formula is C22H34F3NO2. The predicted molar refractivity (Wildman–Crippen MR) is 100 cm³/mol. The number of hydrogen-bond acceptors (Lipinski definition) is 3. The lowest BCUT2D eigenvalue weighted by molar-refractivity contribution is -0.351. The number of carbonyl (C=O) groups is 1. The van der Waals surface area contributed by atoms with Gasteiger partial charge in [0.15, 0.2) is 0 Å². The fourth-order valence-electron chi connectivity index (χ4n) is 8.48. The number of fused-ring (bicyclic) bond motifs is 5. The molecule has 0 saturated heterocycles. The summed E-state index contributed by atoms with van der Waals surface area (Å²) in [6.45, 7) is 6.12. The van der Waals surface area contributed by atoms with Gasteiger partial charge in [-0.2, -0.15) is 0 Å². The molecule has 4 aliphatic rings. The zero-order valence-corrected chi connectivity index (χ0v) is 17.3. The molecule has 0 aliphatic heterocycles. The van der Waals surface area contributed by atoms with Crippen molar-refractivity contribution in [2.75, 3.05) is 0 Å². The van der Waals surface area contributed by atoms with Crippen molar-refractivity contribution in [2.24, 2.45) is 40.2 Å². The molecule has 0 aromatic carbocycles. The zero-order chi connectivity index (χ0) is 20.5.